The first-order valence-corrected chi connectivity index (χ1v) is 4.98. The molecule has 0 aromatic carbocycles. The van der Waals surface area contributed by atoms with Gasteiger partial charge in [0.05, 0.1) is 5.25 Å². The standard InChI is InChI=1S/C6H10O4S/c7-5-1-3-6(4-2-5)11(8,9)10/h6H,1-4H2,(H,8,9,10). The summed E-state index contributed by atoms with van der Waals surface area (Å²) in [5.41, 5.74) is 0. The highest BCUT2D eigenvalue weighted by molar-refractivity contribution is 7.86. The summed E-state index contributed by atoms with van der Waals surface area (Å²) in [4.78, 5) is 10.7. The van der Waals surface area contributed by atoms with E-state index in [9.17, 15) is 13.2 Å². The fourth-order valence-electron chi connectivity index (χ4n) is 1.21. The third-order valence-electron chi connectivity index (χ3n) is 1.91. The van der Waals surface area contributed by atoms with Crippen LogP contribution in [0.4, 0.5) is 0 Å². The van der Waals surface area contributed by atoms with Crippen LogP contribution in [0.1, 0.15) is 25.7 Å². The van der Waals surface area contributed by atoms with E-state index in [0.717, 1.165) is 0 Å². The van der Waals surface area contributed by atoms with Crippen molar-refractivity contribution >= 4 is 15.9 Å². The number of hydrogen-bond donors (Lipinski definition) is 1. The second-order valence-electron chi connectivity index (χ2n) is 2.75. The van der Waals surface area contributed by atoms with E-state index in [4.69, 9.17) is 4.55 Å². The number of ketones is 1. The van der Waals surface area contributed by atoms with Crippen molar-refractivity contribution in [1.82, 2.24) is 0 Å². The van der Waals surface area contributed by atoms with Gasteiger partial charge in [0.2, 0.25) is 0 Å². The van der Waals surface area contributed by atoms with Crippen molar-refractivity contribution in [2.45, 2.75) is 30.9 Å². The highest BCUT2D eigenvalue weighted by Crippen LogP contribution is 2.20. The molecule has 1 N–H and O–H groups in total. The van der Waals surface area contributed by atoms with Crippen LogP contribution in [-0.2, 0) is 14.9 Å². The molecule has 0 amide bonds. The number of carbonyl (C=O) groups is 1. The molecule has 1 aliphatic carbocycles. The molecule has 5 heteroatoms. The average Bonchev–Trinajstić information content (AvgIpc) is 1.86. The molecule has 0 aromatic rings. The third kappa shape index (κ3) is 2.27. The fraction of sp³-hybridized carbons (Fsp3) is 0.833. The summed E-state index contributed by atoms with van der Waals surface area (Å²) in [5.74, 6) is 0.0879. The molecular formula is C6H10O4S. The van der Waals surface area contributed by atoms with Crippen molar-refractivity contribution in [3.63, 3.8) is 0 Å². The number of Topliss-reactive ketones (excluding diaryl/α,β-unsaturated/α-hetero) is 1. The summed E-state index contributed by atoms with van der Waals surface area (Å²) in [6.07, 6.45) is 1.12. The van der Waals surface area contributed by atoms with E-state index in [1.165, 1.54) is 0 Å². The lowest BCUT2D eigenvalue weighted by Crippen LogP contribution is -2.26. The topological polar surface area (TPSA) is 71.4 Å². The van der Waals surface area contributed by atoms with Gasteiger partial charge in [-0.2, -0.15) is 8.42 Å². The molecule has 11 heavy (non-hydrogen) atoms. The average molecular weight is 178 g/mol. The Kier molecular flexibility index (Phi) is 2.29. The Morgan fingerprint density at radius 3 is 2.09 bits per heavy atom. The number of rotatable bonds is 1. The Balaban J connectivity index is 2.60. The third-order valence-corrected chi connectivity index (χ3v) is 3.23. The Hall–Kier alpha value is -0.420. The number of hydrogen-bond acceptors (Lipinski definition) is 3. The van der Waals surface area contributed by atoms with Gasteiger partial charge in [0, 0.05) is 12.8 Å². The SMILES string of the molecule is O=C1CCC(S(=O)(=O)O)CC1. The van der Waals surface area contributed by atoms with Gasteiger partial charge in [-0.15, -0.1) is 0 Å². The van der Waals surface area contributed by atoms with Gasteiger partial charge in [0.25, 0.3) is 10.1 Å². The zero-order chi connectivity index (χ0) is 8.48. The summed E-state index contributed by atoms with van der Waals surface area (Å²) >= 11 is 0. The van der Waals surface area contributed by atoms with Crippen LogP contribution in [0, 0.1) is 0 Å². The van der Waals surface area contributed by atoms with Crippen LogP contribution in [0.3, 0.4) is 0 Å². The Bertz CT molecular complexity index is 244. The maximum absolute atomic E-state index is 10.7. The summed E-state index contributed by atoms with van der Waals surface area (Å²) in [5, 5.41) is -0.708. The van der Waals surface area contributed by atoms with Crippen LogP contribution >= 0.6 is 0 Å². The molecule has 0 aliphatic heterocycles. The molecule has 0 atom stereocenters. The van der Waals surface area contributed by atoms with Crippen LogP contribution in [0.15, 0.2) is 0 Å². The summed E-state index contributed by atoms with van der Waals surface area (Å²) < 4.78 is 29.7. The zero-order valence-electron chi connectivity index (χ0n) is 5.99. The van der Waals surface area contributed by atoms with Gasteiger partial charge < -0.3 is 0 Å². The van der Waals surface area contributed by atoms with Crippen molar-refractivity contribution < 1.29 is 17.8 Å². The summed E-state index contributed by atoms with van der Waals surface area (Å²) in [7, 11) is -3.90. The molecule has 0 unspecified atom stereocenters. The molecule has 4 nitrogen and oxygen atoms in total. The molecule has 1 saturated carbocycles. The normalized spacial score (nSPS) is 22.1. The second kappa shape index (κ2) is 2.91. The minimum atomic E-state index is -3.90. The monoisotopic (exact) mass is 178 g/mol. The molecule has 0 heterocycles. The van der Waals surface area contributed by atoms with Gasteiger partial charge >= 0.3 is 0 Å². The quantitative estimate of drug-likeness (QED) is 0.589. The van der Waals surface area contributed by atoms with Crippen molar-refractivity contribution in [1.29, 1.82) is 0 Å². The smallest absolute Gasteiger partial charge is 0.267 e. The zero-order valence-corrected chi connectivity index (χ0v) is 6.80. The molecule has 1 rings (SSSR count). The van der Waals surface area contributed by atoms with Crippen LogP contribution in [0.25, 0.3) is 0 Å². The minimum Gasteiger partial charge on any atom is -0.300 e. The molecule has 0 spiro atoms. The maximum Gasteiger partial charge on any atom is 0.267 e. The van der Waals surface area contributed by atoms with E-state index in [2.05, 4.69) is 0 Å². The van der Waals surface area contributed by atoms with E-state index in [1.807, 2.05) is 0 Å². The molecule has 64 valence electrons. The van der Waals surface area contributed by atoms with E-state index in [0.29, 0.717) is 0 Å². The van der Waals surface area contributed by atoms with E-state index in [-0.39, 0.29) is 31.5 Å². The fourth-order valence-corrected chi connectivity index (χ4v) is 2.04. The molecule has 0 saturated heterocycles. The second-order valence-corrected chi connectivity index (χ2v) is 4.45. The summed E-state index contributed by atoms with van der Waals surface area (Å²) in [6, 6.07) is 0. The maximum atomic E-state index is 10.7. The van der Waals surface area contributed by atoms with Crippen molar-refractivity contribution in [3.8, 4) is 0 Å². The van der Waals surface area contributed by atoms with Crippen LogP contribution in [0.5, 0.6) is 0 Å². The summed E-state index contributed by atoms with van der Waals surface area (Å²) in [6.45, 7) is 0. The van der Waals surface area contributed by atoms with Crippen molar-refractivity contribution in [2.24, 2.45) is 0 Å². The molecule has 0 aromatic heterocycles. The lowest BCUT2D eigenvalue weighted by molar-refractivity contribution is -0.120. The van der Waals surface area contributed by atoms with Gasteiger partial charge in [-0.1, -0.05) is 0 Å². The molecule has 0 radical (unpaired) electrons. The van der Waals surface area contributed by atoms with Gasteiger partial charge in [-0.3, -0.25) is 9.35 Å². The highest BCUT2D eigenvalue weighted by atomic mass is 32.2. The van der Waals surface area contributed by atoms with Gasteiger partial charge in [0.1, 0.15) is 5.78 Å². The van der Waals surface area contributed by atoms with Crippen molar-refractivity contribution in [2.75, 3.05) is 0 Å². The number of carbonyl (C=O) groups excluding carboxylic acids is 1. The van der Waals surface area contributed by atoms with E-state index >= 15 is 0 Å². The lowest BCUT2D eigenvalue weighted by atomic mass is 9.99. The van der Waals surface area contributed by atoms with E-state index in [1.54, 1.807) is 0 Å². The van der Waals surface area contributed by atoms with Gasteiger partial charge in [0.15, 0.2) is 0 Å². The van der Waals surface area contributed by atoms with Crippen LogP contribution in [-0.4, -0.2) is 24.0 Å². The first-order valence-electron chi connectivity index (χ1n) is 3.48. The lowest BCUT2D eigenvalue weighted by Gasteiger charge is -2.17. The first kappa shape index (κ1) is 8.67. The van der Waals surface area contributed by atoms with Gasteiger partial charge in [-0.05, 0) is 12.8 Å². The van der Waals surface area contributed by atoms with E-state index < -0.39 is 15.4 Å². The molecular weight excluding hydrogens is 168 g/mol. The first-order chi connectivity index (χ1) is 5.00. The highest BCUT2D eigenvalue weighted by Gasteiger charge is 2.27. The molecule has 1 aliphatic rings. The van der Waals surface area contributed by atoms with Crippen molar-refractivity contribution in [3.05, 3.63) is 0 Å². The Morgan fingerprint density at radius 2 is 1.73 bits per heavy atom. The van der Waals surface area contributed by atoms with Crippen LogP contribution < -0.4 is 0 Å². The predicted molar refractivity (Wildman–Crippen MR) is 38.8 cm³/mol. The Labute approximate surface area is 65.3 Å². The Morgan fingerprint density at radius 1 is 1.27 bits per heavy atom. The predicted octanol–water partition coefficient (Wildman–Crippen LogP) is 0.386. The molecule has 1 fully saturated rings. The molecule has 0 bridgehead atoms. The largest absolute Gasteiger partial charge is 0.300 e. The minimum absolute atomic E-state index is 0.0879. The van der Waals surface area contributed by atoms with Crippen LogP contribution in [0.2, 0.25) is 0 Å². The van der Waals surface area contributed by atoms with Gasteiger partial charge in [-0.25, -0.2) is 0 Å².